The molecular weight excluding hydrogens is 259 g/mol. The molecule has 1 aromatic carbocycles. The van der Waals surface area contributed by atoms with Gasteiger partial charge in [0.1, 0.15) is 17.4 Å². The normalized spacial score (nSPS) is 11.3. The number of hydrogen-bond acceptors (Lipinski definition) is 4. The average molecular weight is 269 g/mol. The molecule has 0 aliphatic rings. The van der Waals surface area contributed by atoms with E-state index in [9.17, 15) is 13.2 Å². The van der Waals surface area contributed by atoms with E-state index in [-0.39, 0.29) is 17.4 Å². The van der Waals surface area contributed by atoms with E-state index in [1.54, 1.807) is 12.1 Å². The first-order chi connectivity index (χ1) is 8.85. The summed E-state index contributed by atoms with van der Waals surface area (Å²) in [7, 11) is 0. The summed E-state index contributed by atoms with van der Waals surface area (Å²) in [5.41, 5.74) is 12.1. The zero-order valence-corrected chi connectivity index (χ0v) is 9.61. The molecule has 1 aromatic heterocycles. The molecule has 0 fully saturated rings. The molecule has 2 aromatic rings. The Balaban J connectivity index is 2.38. The number of nitrogen functional groups attached to an aromatic ring is 2. The third kappa shape index (κ3) is 3.27. The number of nitrogens with two attached hydrogens (primary N) is 2. The summed E-state index contributed by atoms with van der Waals surface area (Å²) in [5, 5.41) is 0. The summed E-state index contributed by atoms with van der Waals surface area (Å²) in [4.78, 5) is 3.85. The van der Waals surface area contributed by atoms with Crippen LogP contribution in [0.1, 0.15) is 0 Å². The molecule has 4 N–H and O–H groups in total. The van der Waals surface area contributed by atoms with E-state index in [0.717, 1.165) is 0 Å². The fraction of sp³-hybridized carbons (Fsp3) is 0.0833. The minimum absolute atomic E-state index is 0.143. The molecule has 2 rings (SSSR count). The van der Waals surface area contributed by atoms with Crippen molar-refractivity contribution >= 4 is 11.6 Å². The number of hydrogen-bond donors (Lipinski definition) is 2. The number of halogens is 3. The Morgan fingerprint density at radius 2 is 1.79 bits per heavy atom. The van der Waals surface area contributed by atoms with Crippen molar-refractivity contribution in [2.24, 2.45) is 0 Å². The Morgan fingerprint density at radius 3 is 2.42 bits per heavy atom. The summed E-state index contributed by atoms with van der Waals surface area (Å²) in [5.74, 6) is 0.0642. The molecule has 0 atom stereocenters. The second-order valence-electron chi connectivity index (χ2n) is 3.74. The molecule has 0 saturated heterocycles. The molecule has 4 nitrogen and oxygen atoms in total. The number of anilines is 2. The lowest BCUT2D eigenvalue weighted by molar-refractivity contribution is -0.274. The van der Waals surface area contributed by atoms with E-state index in [1.807, 2.05) is 0 Å². The highest BCUT2D eigenvalue weighted by molar-refractivity contribution is 5.75. The lowest BCUT2D eigenvalue weighted by Crippen LogP contribution is -2.17. The average Bonchev–Trinajstić information content (AvgIpc) is 2.26. The Hall–Kier alpha value is -2.44. The molecule has 0 radical (unpaired) electrons. The van der Waals surface area contributed by atoms with Crippen LogP contribution in [0.5, 0.6) is 5.75 Å². The molecule has 0 spiro atoms. The quantitative estimate of drug-likeness (QED) is 0.879. The molecule has 0 aliphatic heterocycles. The van der Waals surface area contributed by atoms with E-state index in [4.69, 9.17) is 11.5 Å². The number of ether oxygens (including phenoxy) is 1. The summed E-state index contributed by atoms with van der Waals surface area (Å²) in [6.07, 6.45) is -4.73. The van der Waals surface area contributed by atoms with Gasteiger partial charge in [-0.05, 0) is 29.8 Å². The maximum atomic E-state index is 12.1. The number of aromatic nitrogens is 1. The fourth-order valence-electron chi connectivity index (χ4n) is 1.60. The number of alkyl halides is 3. The van der Waals surface area contributed by atoms with Crippen molar-refractivity contribution in [2.75, 3.05) is 11.5 Å². The van der Waals surface area contributed by atoms with Crippen molar-refractivity contribution < 1.29 is 17.9 Å². The molecular formula is C12H10F3N3O. The molecule has 19 heavy (non-hydrogen) atoms. The standard InChI is InChI=1S/C12H10F3N3O/c13-12(14,15)19-8-3-1-2-7(6-8)9-4-5-10(16)18-11(9)17/h1-6H,(H4,16,17,18). The first-order valence-electron chi connectivity index (χ1n) is 5.23. The molecule has 1 heterocycles. The Morgan fingerprint density at radius 1 is 1.05 bits per heavy atom. The van der Waals surface area contributed by atoms with Crippen LogP contribution in [0.3, 0.4) is 0 Å². The minimum Gasteiger partial charge on any atom is -0.406 e. The van der Waals surface area contributed by atoms with Gasteiger partial charge in [-0.1, -0.05) is 12.1 Å². The highest BCUT2D eigenvalue weighted by Crippen LogP contribution is 2.30. The molecule has 100 valence electrons. The molecule has 0 unspecified atom stereocenters. The maximum Gasteiger partial charge on any atom is 0.573 e. The largest absolute Gasteiger partial charge is 0.573 e. The second kappa shape index (κ2) is 4.68. The molecule has 0 aliphatic carbocycles. The van der Waals surface area contributed by atoms with Gasteiger partial charge in [0, 0.05) is 5.56 Å². The van der Waals surface area contributed by atoms with Crippen molar-refractivity contribution in [1.29, 1.82) is 0 Å². The van der Waals surface area contributed by atoms with E-state index in [1.165, 1.54) is 24.3 Å². The van der Waals surface area contributed by atoms with E-state index < -0.39 is 6.36 Å². The first-order valence-corrected chi connectivity index (χ1v) is 5.23. The van der Waals surface area contributed by atoms with Crippen LogP contribution >= 0.6 is 0 Å². The first kappa shape index (κ1) is 13.0. The molecule has 7 heteroatoms. The third-order valence-corrected chi connectivity index (χ3v) is 2.32. The summed E-state index contributed by atoms with van der Waals surface area (Å²) >= 11 is 0. The van der Waals surface area contributed by atoms with E-state index in [2.05, 4.69) is 9.72 Å². The van der Waals surface area contributed by atoms with Gasteiger partial charge in [0.2, 0.25) is 0 Å². The van der Waals surface area contributed by atoms with Gasteiger partial charge < -0.3 is 16.2 Å². The van der Waals surface area contributed by atoms with Crippen molar-refractivity contribution in [3.63, 3.8) is 0 Å². The molecule has 0 saturated carbocycles. The van der Waals surface area contributed by atoms with Gasteiger partial charge in [0.05, 0.1) is 0 Å². The van der Waals surface area contributed by atoms with Gasteiger partial charge in [0.15, 0.2) is 0 Å². The van der Waals surface area contributed by atoms with Gasteiger partial charge in [-0.2, -0.15) is 0 Å². The van der Waals surface area contributed by atoms with Crippen LogP contribution < -0.4 is 16.2 Å². The van der Waals surface area contributed by atoms with Gasteiger partial charge in [-0.3, -0.25) is 0 Å². The number of nitrogens with zero attached hydrogens (tertiary/aromatic N) is 1. The van der Waals surface area contributed by atoms with Crippen LogP contribution in [0.25, 0.3) is 11.1 Å². The minimum atomic E-state index is -4.73. The predicted molar refractivity (Wildman–Crippen MR) is 65.2 cm³/mol. The monoisotopic (exact) mass is 269 g/mol. The fourth-order valence-corrected chi connectivity index (χ4v) is 1.60. The SMILES string of the molecule is Nc1ccc(-c2cccc(OC(F)(F)F)c2)c(N)n1. The topological polar surface area (TPSA) is 74.2 Å². The number of benzene rings is 1. The lowest BCUT2D eigenvalue weighted by atomic mass is 10.1. The third-order valence-electron chi connectivity index (χ3n) is 2.32. The van der Waals surface area contributed by atoms with Crippen LogP contribution in [0.15, 0.2) is 36.4 Å². The van der Waals surface area contributed by atoms with Gasteiger partial charge in [-0.25, -0.2) is 4.98 Å². The Bertz CT molecular complexity index is 599. The van der Waals surface area contributed by atoms with Crippen molar-refractivity contribution in [1.82, 2.24) is 4.98 Å². The second-order valence-corrected chi connectivity index (χ2v) is 3.74. The van der Waals surface area contributed by atoms with Gasteiger partial charge in [0.25, 0.3) is 0 Å². The highest BCUT2D eigenvalue weighted by atomic mass is 19.4. The van der Waals surface area contributed by atoms with E-state index >= 15 is 0 Å². The zero-order valence-electron chi connectivity index (χ0n) is 9.61. The maximum absolute atomic E-state index is 12.1. The van der Waals surface area contributed by atoms with Gasteiger partial charge >= 0.3 is 6.36 Å². The van der Waals surface area contributed by atoms with Crippen molar-refractivity contribution in [2.45, 2.75) is 6.36 Å². The van der Waals surface area contributed by atoms with Gasteiger partial charge in [-0.15, -0.1) is 13.2 Å². The summed E-state index contributed by atoms with van der Waals surface area (Å²) in [6.45, 7) is 0. The van der Waals surface area contributed by atoms with E-state index in [0.29, 0.717) is 11.1 Å². The molecule has 0 bridgehead atoms. The van der Waals surface area contributed by atoms with Crippen LogP contribution in [0, 0.1) is 0 Å². The van der Waals surface area contributed by atoms with Crippen molar-refractivity contribution in [3.05, 3.63) is 36.4 Å². The van der Waals surface area contributed by atoms with Crippen LogP contribution in [0.2, 0.25) is 0 Å². The zero-order chi connectivity index (χ0) is 14.0. The van der Waals surface area contributed by atoms with Crippen molar-refractivity contribution in [3.8, 4) is 16.9 Å². The summed E-state index contributed by atoms with van der Waals surface area (Å²) < 4.78 is 40.2. The Labute approximate surface area is 106 Å². The van der Waals surface area contributed by atoms with Crippen LogP contribution in [0.4, 0.5) is 24.8 Å². The molecule has 0 amide bonds. The van der Waals surface area contributed by atoms with Crippen LogP contribution in [-0.2, 0) is 0 Å². The number of rotatable bonds is 2. The predicted octanol–water partition coefficient (Wildman–Crippen LogP) is 2.81. The summed E-state index contributed by atoms with van der Waals surface area (Å²) in [6, 6.07) is 8.58. The Kier molecular flexibility index (Phi) is 3.20. The van der Waals surface area contributed by atoms with Crippen LogP contribution in [-0.4, -0.2) is 11.3 Å². The highest BCUT2D eigenvalue weighted by Gasteiger charge is 2.31. The smallest absolute Gasteiger partial charge is 0.406 e. The number of pyridine rings is 1. The lowest BCUT2D eigenvalue weighted by Gasteiger charge is -2.11.